The van der Waals surface area contributed by atoms with Gasteiger partial charge in [0.15, 0.2) is 0 Å². The first kappa shape index (κ1) is 15.3. The summed E-state index contributed by atoms with van der Waals surface area (Å²) in [5, 5.41) is 11.9. The van der Waals surface area contributed by atoms with Crippen molar-refractivity contribution in [3.63, 3.8) is 0 Å². The van der Waals surface area contributed by atoms with Crippen molar-refractivity contribution in [3.8, 4) is 0 Å². The molecule has 0 radical (unpaired) electrons. The van der Waals surface area contributed by atoms with Gasteiger partial charge in [0.2, 0.25) is 0 Å². The molecule has 0 aliphatic carbocycles. The third-order valence-corrected chi connectivity index (χ3v) is 4.60. The lowest BCUT2D eigenvalue weighted by Gasteiger charge is -2.08. The summed E-state index contributed by atoms with van der Waals surface area (Å²) in [7, 11) is 0. The van der Waals surface area contributed by atoms with Crippen molar-refractivity contribution in [2.24, 2.45) is 0 Å². The Bertz CT molecular complexity index is 704. The first-order valence-corrected chi connectivity index (χ1v) is 7.48. The lowest BCUT2D eigenvalue weighted by atomic mass is 10.1. The molecule has 2 N–H and O–H groups in total. The predicted molar refractivity (Wildman–Crippen MR) is 84.5 cm³/mol. The molecule has 0 spiro atoms. The van der Waals surface area contributed by atoms with E-state index in [4.69, 9.17) is 0 Å². The molecular weight excluding hydrogens is 286 g/mol. The minimum atomic E-state index is -1.05. The van der Waals surface area contributed by atoms with Gasteiger partial charge in [0, 0.05) is 4.88 Å². The number of carbonyl (C=O) groups is 2. The molecule has 0 saturated heterocycles. The molecule has 0 bridgehead atoms. The first-order chi connectivity index (χ1) is 9.92. The highest BCUT2D eigenvalue weighted by atomic mass is 32.1. The highest BCUT2D eigenvalue weighted by Crippen LogP contribution is 2.24. The summed E-state index contributed by atoms with van der Waals surface area (Å²) in [4.78, 5) is 25.3. The Morgan fingerprint density at radius 3 is 2.52 bits per heavy atom. The Kier molecular flexibility index (Phi) is 4.43. The van der Waals surface area contributed by atoms with Gasteiger partial charge in [0.1, 0.15) is 0 Å². The van der Waals surface area contributed by atoms with E-state index in [1.165, 1.54) is 16.2 Å². The smallest absolute Gasteiger partial charge is 0.337 e. The quantitative estimate of drug-likeness (QED) is 0.900. The van der Waals surface area contributed by atoms with Crippen LogP contribution in [0.15, 0.2) is 24.3 Å². The normalized spacial score (nSPS) is 10.4. The Morgan fingerprint density at radius 2 is 1.95 bits per heavy atom. The van der Waals surface area contributed by atoms with Crippen LogP contribution in [0.5, 0.6) is 0 Å². The van der Waals surface area contributed by atoms with E-state index in [1.54, 1.807) is 18.2 Å². The highest BCUT2D eigenvalue weighted by Gasteiger charge is 2.16. The molecule has 2 rings (SSSR count). The molecule has 4 nitrogen and oxygen atoms in total. The lowest BCUT2D eigenvalue weighted by Crippen LogP contribution is -2.13. The SMILES string of the molecule is CCc1sc(C(=O)Nc2ccc(C)cc2C(=O)O)cc1C. The number of thiophene rings is 1. The van der Waals surface area contributed by atoms with Crippen molar-refractivity contribution < 1.29 is 14.7 Å². The second kappa shape index (κ2) is 6.10. The van der Waals surface area contributed by atoms with Crippen LogP contribution in [0.2, 0.25) is 0 Å². The van der Waals surface area contributed by atoms with E-state index in [2.05, 4.69) is 5.32 Å². The van der Waals surface area contributed by atoms with Crippen LogP contribution in [0.3, 0.4) is 0 Å². The third kappa shape index (κ3) is 3.31. The summed E-state index contributed by atoms with van der Waals surface area (Å²) >= 11 is 1.44. The average molecular weight is 303 g/mol. The molecule has 110 valence electrons. The topological polar surface area (TPSA) is 66.4 Å². The number of rotatable bonds is 4. The van der Waals surface area contributed by atoms with Gasteiger partial charge < -0.3 is 10.4 Å². The van der Waals surface area contributed by atoms with Gasteiger partial charge in [-0.05, 0) is 44.0 Å². The van der Waals surface area contributed by atoms with Gasteiger partial charge in [-0.15, -0.1) is 11.3 Å². The van der Waals surface area contributed by atoms with Crippen molar-refractivity contribution in [2.75, 3.05) is 5.32 Å². The van der Waals surface area contributed by atoms with Crippen LogP contribution in [0, 0.1) is 13.8 Å². The number of benzene rings is 1. The Morgan fingerprint density at radius 1 is 1.24 bits per heavy atom. The molecule has 1 amide bonds. The van der Waals surface area contributed by atoms with Gasteiger partial charge in [0.25, 0.3) is 5.91 Å². The zero-order valence-corrected chi connectivity index (χ0v) is 13.0. The van der Waals surface area contributed by atoms with E-state index >= 15 is 0 Å². The molecule has 1 aromatic carbocycles. The van der Waals surface area contributed by atoms with Gasteiger partial charge in [-0.3, -0.25) is 4.79 Å². The molecule has 0 aliphatic rings. The minimum Gasteiger partial charge on any atom is -0.478 e. The van der Waals surface area contributed by atoms with Gasteiger partial charge in [-0.2, -0.15) is 0 Å². The molecule has 1 heterocycles. The van der Waals surface area contributed by atoms with Crippen molar-refractivity contribution >= 4 is 28.9 Å². The number of carboxylic acid groups (broad SMARTS) is 1. The summed E-state index contributed by atoms with van der Waals surface area (Å²) in [5.74, 6) is -1.32. The molecule has 2 aromatic rings. The lowest BCUT2D eigenvalue weighted by molar-refractivity contribution is 0.0698. The van der Waals surface area contributed by atoms with E-state index in [0.29, 0.717) is 10.6 Å². The summed E-state index contributed by atoms with van der Waals surface area (Å²) in [5.41, 5.74) is 2.36. The van der Waals surface area contributed by atoms with E-state index in [9.17, 15) is 14.7 Å². The Balaban J connectivity index is 2.29. The van der Waals surface area contributed by atoms with Crippen molar-refractivity contribution in [3.05, 3.63) is 50.7 Å². The minimum absolute atomic E-state index is 0.104. The van der Waals surface area contributed by atoms with E-state index in [-0.39, 0.29) is 11.5 Å². The van der Waals surface area contributed by atoms with Crippen LogP contribution in [0.4, 0.5) is 5.69 Å². The average Bonchev–Trinajstić information content (AvgIpc) is 2.81. The maximum absolute atomic E-state index is 12.3. The number of carboxylic acids is 1. The maximum atomic E-state index is 12.3. The molecule has 0 atom stereocenters. The Hall–Kier alpha value is -2.14. The molecule has 0 saturated carbocycles. The zero-order valence-electron chi connectivity index (χ0n) is 12.2. The van der Waals surface area contributed by atoms with Crippen LogP contribution in [-0.2, 0) is 6.42 Å². The summed E-state index contributed by atoms with van der Waals surface area (Å²) in [6, 6.07) is 6.79. The molecule has 5 heteroatoms. The van der Waals surface area contributed by atoms with Gasteiger partial charge >= 0.3 is 5.97 Å². The van der Waals surface area contributed by atoms with Crippen LogP contribution in [0.1, 0.15) is 43.0 Å². The molecule has 1 aromatic heterocycles. The number of aromatic carboxylic acids is 1. The fourth-order valence-corrected chi connectivity index (χ4v) is 3.12. The summed E-state index contributed by atoms with van der Waals surface area (Å²) in [6.45, 7) is 5.83. The van der Waals surface area contributed by atoms with E-state index in [1.807, 2.05) is 26.8 Å². The second-order valence-electron chi connectivity index (χ2n) is 4.88. The van der Waals surface area contributed by atoms with Crippen LogP contribution >= 0.6 is 11.3 Å². The van der Waals surface area contributed by atoms with Gasteiger partial charge in [-0.25, -0.2) is 4.79 Å². The Labute approximate surface area is 127 Å². The predicted octanol–water partition coefficient (Wildman–Crippen LogP) is 3.88. The molecular formula is C16H17NO3S. The molecule has 0 unspecified atom stereocenters. The summed E-state index contributed by atoms with van der Waals surface area (Å²) < 4.78 is 0. The highest BCUT2D eigenvalue weighted by molar-refractivity contribution is 7.14. The number of nitrogens with one attached hydrogen (secondary N) is 1. The maximum Gasteiger partial charge on any atom is 0.337 e. The number of amides is 1. The number of aryl methyl sites for hydroxylation is 3. The van der Waals surface area contributed by atoms with Crippen LogP contribution in [-0.4, -0.2) is 17.0 Å². The van der Waals surface area contributed by atoms with Crippen molar-refractivity contribution in [2.45, 2.75) is 27.2 Å². The zero-order chi connectivity index (χ0) is 15.6. The van der Waals surface area contributed by atoms with Crippen LogP contribution < -0.4 is 5.32 Å². The summed E-state index contributed by atoms with van der Waals surface area (Å²) in [6.07, 6.45) is 0.884. The number of hydrogen-bond donors (Lipinski definition) is 2. The monoisotopic (exact) mass is 303 g/mol. The van der Waals surface area contributed by atoms with Gasteiger partial charge in [-0.1, -0.05) is 18.6 Å². The largest absolute Gasteiger partial charge is 0.478 e. The first-order valence-electron chi connectivity index (χ1n) is 6.67. The second-order valence-corrected chi connectivity index (χ2v) is 6.02. The van der Waals surface area contributed by atoms with E-state index < -0.39 is 5.97 Å². The number of anilines is 1. The van der Waals surface area contributed by atoms with Gasteiger partial charge in [0.05, 0.1) is 16.1 Å². The molecule has 21 heavy (non-hydrogen) atoms. The fourth-order valence-electron chi connectivity index (χ4n) is 2.11. The van der Waals surface area contributed by atoms with Crippen LogP contribution in [0.25, 0.3) is 0 Å². The van der Waals surface area contributed by atoms with E-state index in [0.717, 1.165) is 17.5 Å². The molecule has 0 fully saturated rings. The fraction of sp³-hybridized carbons (Fsp3) is 0.250. The number of carbonyl (C=O) groups excluding carboxylic acids is 1. The number of hydrogen-bond acceptors (Lipinski definition) is 3. The third-order valence-electron chi connectivity index (χ3n) is 3.22. The standard InChI is InChI=1S/C16H17NO3S/c1-4-13-10(3)8-14(21-13)15(18)17-12-6-5-9(2)7-11(12)16(19)20/h5-8H,4H2,1-3H3,(H,17,18)(H,19,20). The molecule has 0 aliphatic heterocycles. The van der Waals surface area contributed by atoms with Crippen molar-refractivity contribution in [1.82, 2.24) is 0 Å². The van der Waals surface area contributed by atoms with Crippen molar-refractivity contribution in [1.29, 1.82) is 0 Å².